The third kappa shape index (κ3) is 2.55. The number of hydrogen-bond donors (Lipinski definition) is 0. The molecule has 0 fully saturated rings. The van der Waals surface area contributed by atoms with Crippen LogP contribution in [-0.2, 0) is 6.42 Å². The Balaban J connectivity index is 1.83. The van der Waals surface area contributed by atoms with Crippen LogP contribution >= 0.6 is 45.5 Å². The van der Waals surface area contributed by atoms with E-state index in [9.17, 15) is 0 Å². The van der Waals surface area contributed by atoms with E-state index in [1.165, 1.54) is 2.88 Å². The molecule has 0 saturated heterocycles. The average Bonchev–Trinajstić information content (AvgIpc) is 2.94. The molecule has 2 aromatic heterocycles. The van der Waals surface area contributed by atoms with Crippen LogP contribution in [0.5, 0.6) is 0 Å². The van der Waals surface area contributed by atoms with Gasteiger partial charge in [0.15, 0.2) is 11.5 Å². The highest BCUT2D eigenvalue weighted by molar-refractivity contribution is 14.1. The first-order valence-electron chi connectivity index (χ1n) is 5.45. The number of aromatic nitrogens is 1. The topological polar surface area (TPSA) is 26.0 Å². The van der Waals surface area contributed by atoms with Gasteiger partial charge >= 0.3 is 0 Å². The zero-order valence-corrected chi connectivity index (χ0v) is 13.0. The number of rotatable bonds is 3. The maximum atomic E-state index is 6.38. The van der Waals surface area contributed by atoms with E-state index < -0.39 is 0 Å². The molecule has 0 radical (unpaired) electrons. The van der Waals surface area contributed by atoms with Crippen molar-refractivity contribution in [3.05, 3.63) is 50.0 Å². The van der Waals surface area contributed by atoms with Gasteiger partial charge in [-0.15, -0.1) is 22.9 Å². The van der Waals surface area contributed by atoms with Crippen molar-refractivity contribution in [1.82, 2.24) is 4.98 Å². The van der Waals surface area contributed by atoms with Crippen molar-refractivity contribution in [2.75, 3.05) is 0 Å². The summed E-state index contributed by atoms with van der Waals surface area (Å²) in [6.07, 6.45) is 0.614. The molecule has 3 rings (SSSR count). The number of benzene rings is 1. The lowest BCUT2D eigenvalue weighted by Crippen LogP contribution is -1.94. The second kappa shape index (κ2) is 5.19. The van der Waals surface area contributed by atoms with E-state index in [2.05, 4.69) is 39.0 Å². The Bertz CT molecular complexity index is 645. The third-order valence-electron chi connectivity index (χ3n) is 2.64. The monoisotopic (exact) mass is 389 g/mol. The SMILES string of the molecule is ClC(Cc1nc2ccccc2o1)c1csc(I)c1. The third-order valence-corrected chi connectivity index (χ3v) is 4.85. The molecule has 0 bridgehead atoms. The van der Waals surface area contributed by atoms with Crippen LogP contribution in [0.25, 0.3) is 11.1 Å². The van der Waals surface area contributed by atoms with E-state index >= 15 is 0 Å². The average molecular weight is 390 g/mol. The van der Waals surface area contributed by atoms with E-state index in [4.69, 9.17) is 16.0 Å². The van der Waals surface area contributed by atoms with Gasteiger partial charge in [-0.3, -0.25) is 0 Å². The van der Waals surface area contributed by atoms with Crippen LogP contribution in [0.3, 0.4) is 0 Å². The highest BCUT2D eigenvalue weighted by Gasteiger charge is 2.14. The van der Waals surface area contributed by atoms with Crippen LogP contribution in [-0.4, -0.2) is 4.98 Å². The van der Waals surface area contributed by atoms with Gasteiger partial charge in [0.25, 0.3) is 0 Å². The molecule has 3 aromatic rings. The van der Waals surface area contributed by atoms with Crippen LogP contribution in [0.15, 0.2) is 40.1 Å². The molecule has 0 aliphatic rings. The number of fused-ring (bicyclic) bond motifs is 1. The fourth-order valence-electron chi connectivity index (χ4n) is 1.77. The molecule has 0 aliphatic carbocycles. The lowest BCUT2D eigenvalue weighted by molar-refractivity contribution is 0.525. The lowest BCUT2D eigenvalue weighted by atomic mass is 10.2. The predicted octanol–water partition coefficient (Wildman–Crippen LogP) is 5.02. The zero-order valence-electron chi connectivity index (χ0n) is 9.27. The van der Waals surface area contributed by atoms with Gasteiger partial charge in [0.1, 0.15) is 5.52 Å². The smallest absolute Gasteiger partial charge is 0.197 e. The quantitative estimate of drug-likeness (QED) is 0.464. The summed E-state index contributed by atoms with van der Waals surface area (Å²) in [5.74, 6) is 0.692. The summed E-state index contributed by atoms with van der Waals surface area (Å²) in [6.45, 7) is 0. The molecule has 1 aromatic carbocycles. The van der Waals surface area contributed by atoms with Gasteiger partial charge in [-0.05, 0) is 51.7 Å². The van der Waals surface area contributed by atoms with Crippen molar-refractivity contribution in [2.45, 2.75) is 11.8 Å². The standard InChI is InChI=1S/C13H9ClINOS/c14-9(8-5-12(15)18-7-8)6-13-16-10-3-1-2-4-11(10)17-13/h1-5,7,9H,6H2. The molecule has 2 heterocycles. The number of thiophene rings is 1. The number of halogens is 2. The summed E-state index contributed by atoms with van der Waals surface area (Å²) < 4.78 is 6.91. The van der Waals surface area contributed by atoms with Gasteiger partial charge < -0.3 is 4.42 Å². The Morgan fingerprint density at radius 2 is 2.22 bits per heavy atom. The zero-order chi connectivity index (χ0) is 12.5. The van der Waals surface area contributed by atoms with Crippen molar-refractivity contribution in [1.29, 1.82) is 0 Å². The Hall–Kier alpha value is -0.590. The summed E-state index contributed by atoms with van der Waals surface area (Å²) in [5.41, 5.74) is 2.83. The number of oxazole rings is 1. The summed E-state index contributed by atoms with van der Waals surface area (Å²) in [7, 11) is 0. The highest BCUT2D eigenvalue weighted by atomic mass is 127. The largest absolute Gasteiger partial charge is 0.441 e. The maximum Gasteiger partial charge on any atom is 0.197 e. The first-order chi connectivity index (χ1) is 8.72. The molecule has 92 valence electrons. The number of hydrogen-bond acceptors (Lipinski definition) is 3. The fourth-order valence-corrected chi connectivity index (χ4v) is 3.52. The highest BCUT2D eigenvalue weighted by Crippen LogP contribution is 2.30. The van der Waals surface area contributed by atoms with Crippen LogP contribution in [0.2, 0.25) is 0 Å². The second-order valence-corrected chi connectivity index (χ2v) is 7.26. The molecule has 0 amide bonds. The molecule has 1 unspecified atom stereocenters. The number of alkyl halides is 1. The molecular weight excluding hydrogens is 381 g/mol. The molecule has 0 spiro atoms. The van der Waals surface area contributed by atoms with Crippen molar-refractivity contribution in [3.63, 3.8) is 0 Å². The van der Waals surface area contributed by atoms with Crippen molar-refractivity contribution in [2.24, 2.45) is 0 Å². The van der Waals surface area contributed by atoms with Gasteiger partial charge in [0, 0.05) is 6.42 Å². The molecule has 5 heteroatoms. The second-order valence-electron chi connectivity index (χ2n) is 3.93. The molecule has 2 nitrogen and oxygen atoms in total. The fraction of sp³-hybridized carbons (Fsp3) is 0.154. The predicted molar refractivity (Wildman–Crippen MR) is 83.3 cm³/mol. The molecule has 18 heavy (non-hydrogen) atoms. The van der Waals surface area contributed by atoms with E-state index in [-0.39, 0.29) is 5.38 Å². The van der Waals surface area contributed by atoms with Gasteiger partial charge in [0.2, 0.25) is 0 Å². The van der Waals surface area contributed by atoms with E-state index in [0.717, 1.165) is 16.7 Å². The number of nitrogens with zero attached hydrogens (tertiary/aromatic N) is 1. The lowest BCUT2D eigenvalue weighted by Gasteiger charge is -2.03. The van der Waals surface area contributed by atoms with E-state index in [0.29, 0.717) is 12.3 Å². The van der Waals surface area contributed by atoms with Crippen LogP contribution in [0.4, 0.5) is 0 Å². The first kappa shape index (κ1) is 12.4. The van der Waals surface area contributed by atoms with Crippen LogP contribution in [0, 0.1) is 2.88 Å². The molecule has 1 atom stereocenters. The molecule has 0 N–H and O–H groups in total. The van der Waals surface area contributed by atoms with Gasteiger partial charge in [-0.1, -0.05) is 12.1 Å². The minimum Gasteiger partial charge on any atom is -0.441 e. The van der Waals surface area contributed by atoms with Crippen molar-refractivity contribution < 1.29 is 4.42 Å². The molecular formula is C13H9ClINOS. The molecule has 0 saturated carbocycles. The Kier molecular flexibility index (Phi) is 3.59. The van der Waals surface area contributed by atoms with Crippen LogP contribution < -0.4 is 0 Å². The summed E-state index contributed by atoms with van der Waals surface area (Å²) in [4.78, 5) is 4.44. The summed E-state index contributed by atoms with van der Waals surface area (Å²) >= 11 is 10.4. The summed E-state index contributed by atoms with van der Waals surface area (Å²) in [6, 6.07) is 9.86. The van der Waals surface area contributed by atoms with Gasteiger partial charge in [-0.25, -0.2) is 4.98 Å². The van der Waals surface area contributed by atoms with E-state index in [1.54, 1.807) is 11.3 Å². The van der Waals surface area contributed by atoms with Gasteiger partial charge in [-0.2, -0.15) is 0 Å². The van der Waals surface area contributed by atoms with Crippen LogP contribution in [0.1, 0.15) is 16.8 Å². The van der Waals surface area contributed by atoms with Gasteiger partial charge in [0.05, 0.1) is 8.26 Å². The maximum absolute atomic E-state index is 6.38. The first-order valence-corrected chi connectivity index (χ1v) is 7.84. The van der Waals surface area contributed by atoms with E-state index in [1.807, 2.05) is 24.3 Å². The number of para-hydroxylation sites is 2. The minimum absolute atomic E-state index is 0.0853. The normalized spacial score (nSPS) is 13.0. The Morgan fingerprint density at radius 3 is 2.94 bits per heavy atom. The minimum atomic E-state index is -0.0853. The molecule has 0 aliphatic heterocycles. The Labute approximate surface area is 127 Å². The summed E-state index contributed by atoms with van der Waals surface area (Å²) in [5, 5.41) is 2.00. The van der Waals surface area contributed by atoms with Crippen molar-refractivity contribution >= 4 is 56.6 Å². The Morgan fingerprint density at radius 1 is 1.39 bits per heavy atom. The van der Waals surface area contributed by atoms with Crippen molar-refractivity contribution in [3.8, 4) is 0 Å².